The van der Waals surface area contributed by atoms with E-state index in [4.69, 9.17) is 20.8 Å². The minimum Gasteiger partial charge on any atom is -0.486 e. The fourth-order valence-electron chi connectivity index (χ4n) is 2.36. The Morgan fingerprint density at radius 1 is 1.17 bits per heavy atom. The lowest BCUT2D eigenvalue weighted by Gasteiger charge is -2.09. The molecule has 0 aliphatic heterocycles. The number of alkyl halides is 2. The molecular formula is C19H13ClF2N2O6. The highest BCUT2D eigenvalue weighted by atomic mass is 35.5. The number of rotatable bonds is 8. The molecule has 2 aromatic carbocycles. The third-order valence-electron chi connectivity index (χ3n) is 3.72. The Bertz CT molecular complexity index is 1060. The van der Waals surface area contributed by atoms with Crippen molar-refractivity contribution >= 4 is 28.9 Å². The number of carbonyl (C=O) groups excluding carboxylic acids is 1. The molecule has 0 bridgehead atoms. The van der Waals surface area contributed by atoms with Crippen LogP contribution in [0.25, 0.3) is 0 Å². The van der Waals surface area contributed by atoms with Crippen molar-refractivity contribution in [3.05, 3.63) is 81.3 Å². The zero-order chi connectivity index (χ0) is 21.7. The molecule has 0 saturated carbocycles. The summed E-state index contributed by atoms with van der Waals surface area (Å²) >= 11 is 5.85. The summed E-state index contributed by atoms with van der Waals surface area (Å²) in [6, 6.07) is 12.3. The van der Waals surface area contributed by atoms with Gasteiger partial charge in [0.25, 0.3) is 11.6 Å². The number of hydrogen-bond acceptors (Lipinski definition) is 6. The molecule has 0 fully saturated rings. The van der Waals surface area contributed by atoms with Crippen molar-refractivity contribution in [2.45, 2.75) is 13.2 Å². The van der Waals surface area contributed by atoms with Crippen LogP contribution in [0.5, 0.6) is 11.5 Å². The standard InChI is InChI=1S/C19H13ClF2N2O6/c20-15-9-11(1-7-16(15)30-19(21)22)23-18(25)17-8-6-14(29-17)10-28-13-4-2-12(3-5-13)24(26)27/h1-9,19H,10H2,(H,23,25). The maximum Gasteiger partial charge on any atom is 0.387 e. The van der Waals surface area contributed by atoms with Gasteiger partial charge in [0, 0.05) is 17.8 Å². The Kier molecular flexibility index (Phi) is 6.48. The second-order valence-corrected chi connectivity index (χ2v) is 6.19. The van der Waals surface area contributed by atoms with Crippen LogP contribution >= 0.6 is 11.6 Å². The highest BCUT2D eigenvalue weighted by Gasteiger charge is 2.14. The monoisotopic (exact) mass is 438 g/mol. The van der Waals surface area contributed by atoms with Crippen molar-refractivity contribution in [3.63, 3.8) is 0 Å². The van der Waals surface area contributed by atoms with Gasteiger partial charge in [-0.1, -0.05) is 11.6 Å². The molecule has 0 spiro atoms. The van der Waals surface area contributed by atoms with Crippen LogP contribution in [-0.4, -0.2) is 17.4 Å². The SMILES string of the molecule is O=C(Nc1ccc(OC(F)F)c(Cl)c1)c1ccc(COc2ccc([N+](=O)[O-])cc2)o1. The van der Waals surface area contributed by atoms with Crippen molar-refractivity contribution < 1.29 is 32.4 Å². The normalized spacial score (nSPS) is 10.7. The highest BCUT2D eigenvalue weighted by Crippen LogP contribution is 2.29. The fraction of sp³-hybridized carbons (Fsp3) is 0.105. The zero-order valence-electron chi connectivity index (χ0n) is 15.0. The molecule has 30 heavy (non-hydrogen) atoms. The molecule has 0 saturated heterocycles. The largest absolute Gasteiger partial charge is 0.486 e. The van der Waals surface area contributed by atoms with Gasteiger partial charge in [-0.25, -0.2) is 0 Å². The summed E-state index contributed by atoms with van der Waals surface area (Å²) in [4.78, 5) is 22.4. The van der Waals surface area contributed by atoms with Gasteiger partial charge in [-0.15, -0.1) is 0 Å². The molecule has 1 N–H and O–H groups in total. The molecule has 0 unspecified atom stereocenters. The number of nitrogens with one attached hydrogen (secondary N) is 1. The predicted octanol–water partition coefficient (Wildman–Crippen LogP) is 5.27. The molecule has 0 aliphatic carbocycles. The molecule has 0 aliphatic rings. The number of furan rings is 1. The molecule has 0 radical (unpaired) electrons. The molecular weight excluding hydrogens is 426 g/mol. The van der Waals surface area contributed by atoms with Crippen LogP contribution < -0.4 is 14.8 Å². The smallest absolute Gasteiger partial charge is 0.387 e. The Morgan fingerprint density at radius 3 is 2.53 bits per heavy atom. The number of amides is 1. The van der Waals surface area contributed by atoms with Gasteiger partial charge in [0.1, 0.15) is 23.9 Å². The molecule has 3 rings (SSSR count). The first kappa shape index (κ1) is 21.1. The minimum atomic E-state index is -3.02. The van der Waals surface area contributed by atoms with Crippen LogP contribution in [0.2, 0.25) is 5.02 Å². The maximum atomic E-state index is 12.3. The number of anilines is 1. The number of benzene rings is 2. The van der Waals surface area contributed by atoms with Crippen molar-refractivity contribution in [1.29, 1.82) is 0 Å². The topological polar surface area (TPSA) is 104 Å². The van der Waals surface area contributed by atoms with Gasteiger partial charge < -0.3 is 19.2 Å². The summed E-state index contributed by atoms with van der Waals surface area (Å²) in [5.41, 5.74) is 0.194. The van der Waals surface area contributed by atoms with Crippen LogP contribution in [-0.2, 0) is 6.61 Å². The van der Waals surface area contributed by atoms with E-state index >= 15 is 0 Å². The second kappa shape index (κ2) is 9.23. The van der Waals surface area contributed by atoms with Crippen molar-refractivity contribution in [1.82, 2.24) is 0 Å². The summed E-state index contributed by atoms with van der Waals surface area (Å²) in [5.74, 6) is -0.0779. The summed E-state index contributed by atoms with van der Waals surface area (Å²) in [6.07, 6.45) is 0. The molecule has 8 nitrogen and oxygen atoms in total. The Hall–Kier alpha value is -3.66. The lowest BCUT2D eigenvalue weighted by Crippen LogP contribution is -2.11. The number of non-ortho nitro benzene ring substituents is 1. The molecule has 1 heterocycles. The Labute approximate surface area is 173 Å². The average molecular weight is 439 g/mol. The van der Waals surface area contributed by atoms with Crippen LogP contribution in [0.1, 0.15) is 16.3 Å². The quantitative estimate of drug-likeness (QED) is 0.379. The van der Waals surface area contributed by atoms with E-state index in [0.29, 0.717) is 11.5 Å². The Morgan fingerprint density at radius 2 is 1.90 bits per heavy atom. The first-order chi connectivity index (χ1) is 14.3. The zero-order valence-corrected chi connectivity index (χ0v) is 15.8. The van der Waals surface area contributed by atoms with Crippen LogP contribution in [0.4, 0.5) is 20.2 Å². The van der Waals surface area contributed by atoms with Gasteiger partial charge in [-0.3, -0.25) is 14.9 Å². The van der Waals surface area contributed by atoms with E-state index in [1.165, 1.54) is 54.6 Å². The van der Waals surface area contributed by atoms with E-state index in [9.17, 15) is 23.7 Å². The van der Waals surface area contributed by atoms with E-state index in [1.807, 2.05) is 0 Å². The van der Waals surface area contributed by atoms with Gasteiger partial charge in [-0.05, 0) is 42.5 Å². The fourth-order valence-corrected chi connectivity index (χ4v) is 2.58. The van der Waals surface area contributed by atoms with Gasteiger partial charge >= 0.3 is 6.61 Å². The van der Waals surface area contributed by atoms with E-state index in [0.717, 1.165) is 0 Å². The van der Waals surface area contributed by atoms with E-state index < -0.39 is 17.4 Å². The number of carbonyl (C=O) groups is 1. The predicted molar refractivity (Wildman–Crippen MR) is 102 cm³/mol. The number of hydrogen-bond donors (Lipinski definition) is 1. The summed E-state index contributed by atoms with van der Waals surface area (Å²) < 4.78 is 39.6. The van der Waals surface area contributed by atoms with Crippen molar-refractivity contribution in [2.24, 2.45) is 0 Å². The highest BCUT2D eigenvalue weighted by molar-refractivity contribution is 6.32. The number of halogens is 3. The van der Waals surface area contributed by atoms with E-state index in [2.05, 4.69) is 10.1 Å². The number of nitro benzene ring substituents is 1. The average Bonchev–Trinajstić information content (AvgIpc) is 3.18. The van der Waals surface area contributed by atoms with Crippen molar-refractivity contribution in [2.75, 3.05) is 5.32 Å². The first-order valence-corrected chi connectivity index (χ1v) is 8.71. The lowest BCUT2D eigenvalue weighted by atomic mass is 10.3. The van der Waals surface area contributed by atoms with Gasteiger partial charge in [0.05, 0.1) is 9.95 Å². The third-order valence-corrected chi connectivity index (χ3v) is 4.02. The second-order valence-electron chi connectivity index (χ2n) is 5.78. The van der Waals surface area contributed by atoms with Crippen molar-refractivity contribution in [3.8, 4) is 11.5 Å². The van der Waals surface area contributed by atoms with E-state index in [-0.39, 0.29) is 34.5 Å². The van der Waals surface area contributed by atoms with Gasteiger partial charge in [0.15, 0.2) is 5.76 Å². The van der Waals surface area contributed by atoms with Gasteiger partial charge in [0.2, 0.25) is 0 Å². The molecule has 1 amide bonds. The lowest BCUT2D eigenvalue weighted by molar-refractivity contribution is -0.384. The first-order valence-electron chi connectivity index (χ1n) is 8.33. The molecule has 11 heteroatoms. The van der Waals surface area contributed by atoms with Gasteiger partial charge in [-0.2, -0.15) is 8.78 Å². The maximum absolute atomic E-state index is 12.3. The minimum absolute atomic E-state index is 0.00339. The Balaban J connectivity index is 1.58. The molecule has 1 aromatic heterocycles. The number of nitro groups is 1. The van der Waals surface area contributed by atoms with Crippen LogP contribution in [0.3, 0.4) is 0 Å². The molecule has 3 aromatic rings. The summed E-state index contributed by atoms with van der Waals surface area (Å²) in [5, 5.41) is 13.1. The van der Waals surface area contributed by atoms with Crippen LogP contribution in [0.15, 0.2) is 59.0 Å². The molecule has 0 atom stereocenters. The molecule has 156 valence electrons. The summed E-state index contributed by atoms with van der Waals surface area (Å²) in [7, 11) is 0. The third kappa shape index (κ3) is 5.45. The summed E-state index contributed by atoms with van der Waals surface area (Å²) in [6.45, 7) is -3.02. The van der Waals surface area contributed by atoms with E-state index in [1.54, 1.807) is 0 Å². The number of nitrogens with zero attached hydrogens (tertiary/aromatic N) is 1. The number of ether oxygens (including phenoxy) is 2. The van der Waals surface area contributed by atoms with Crippen LogP contribution in [0, 0.1) is 10.1 Å².